The van der Waals surface area contributed by atoms with Crippen LogP contribution in [-0.4, -0.2) is 42.2 Å². The molecule has 1 rings (SSSR count). The Labute approximate surface area is 88.2 Å². The van der Waals surface area contributed by atoms with Gasteiger partial charge in [-0.05, 0) is 25.8 Å². The summed E-state index contributed by atoms with van der Waals surface area (Å²) in [5, 5.41) is 13.8. The number of rotatable bonds is 5. The number of carbonyl (C=O) groups is 2. The number of hydrogen-bond donors (Lipinski definition) is 4. The van der Waals surface area contributed by atoms with Gasteiger partial charge in [0.05, 0.1) is 6.61 Å². The summed E-state index contributed by atoms with van der Waals surface area (Å²) < 4.78 is 0. The van der Waals surface area contributed by atoms with Gasteiger partial charge in [0.25, 0.3) is 0 Å². The average molecular weight is 215 g/mol. The number of amides is 2. The number of carbonyl (C=O) groups excluding carboxylic acids is 2. The normalized spacial score (nSPS) is 26.0. The number of unbranched alkanes of at least 4 members (excludes halogenated alkanes) is 1. The standard InChI is InChI=1S/C9H17N3O3/c10-4-2-1-3-6-8(14)12-7(5-13)9(15)11-6/h6-7,13H,1-5,10H2,(H,11,15)(H,12,14). The van der Waals surface area contributed by atoms with Gasteiger partial charge in [-0.15, -0.1) is 0 Å². The second-order valence-electron chi connectivity index (χ2n) is 3.59. The number of nitrogens with two attached hydrogens (primary N) is 1. The van der Waals surface area contributed by atoms with Crippen LogP contribution in [0.5, 0.6) is 0 Å². The second kappa shape index (κ2) is 5.67. The van der Waals surface area contributed by atoms with Gasteiger partial charge in [-0.2, -0.15) is 0 Å². The molecule has 0 aromatic heterocycles. The van der Waals surface area contributed by atoms with Crippen molar-refractivity contribution in [3.05, 3.63) is 0 Å². The lowest BCUT2D eigenvalue weighted by Gasteiger charge is -2.28. The Morgan fingerprint density at radius 1 is 1.13 bits per heavy atom. The highest BCUT2D eigenvalue weighted by Crippen LogP contribution is 2.05. The third-order valence-corrected chi connectivity index (χ3v) is 2.40. The number of aliphatic hydroxyl groups is 1. The van der Waals surface area contributed by atoms with Crippen LogP contribution >= 0.6 is 0 Å². The van der Waals surface area contributed by atoms with Gasteiger partial charge in [0.15, 0.2) is 0 Å². The van der Waals surface area contributed by atoms with Crippen LogP contribution in [0.4, 0.5) is 0 Å². The molecular weight excluding hydrogens is 198 g/mol. The first-order valence-corrected chi connectivity index (χ1v) is 5.10. The molecule has 15 heavy (non-hydrogen) atoms. The van der Waals surface area contributed by atoms with Crippen molar-refractivity contribution in [2.45, 2.75) is 31.3 Å². The zero-order valence-electron chi connectivity index (χ0n) is 8.53. The highest BCUT2D eigenvalue weighted by Gasteiger charge is 2.32. The Morgan fingerprint density at radius 3 is 2.33 bits per heavy atom. The summed E-state index contributed by atoms with van der Waals surface area (Å²) in [6, 6.07) is -1.28. The van der Waals surface area contributed by atoms with Crippen LogP contribution < -0.4 is 16.4 Å². The summed E-state index contributed by atoms with van der Waals surface area (Å²) in [5.74, 6) is -0.555. The summed E-state index contributed by atoms with van der Waals surface area (Å²) in [4.78, 5) is 22.7. The van der Waals surface area contributed by atoms with Crippen molar-refractivity contribution < 1.29 is 14.7 Å². The molecule has 6 heteroatoms. The molecule has 1 saturated heterocycles. The van der Waals surface area contributed by atoms with Crippen LogP contribution in [0.15, 0.2) is 0 Å². The van der Waals surface area contributed by atoms with E-state index in [0.717, 1.165) is 12.8 Å². The molecule has 0 bridgehead atoms. The minimum absolute atomic E-state index is 0.231. The Morgan fingerprint density at radius 2 is 1.73 bits per heavy atom. The molecule has 0 aromatic rings. The molecule has 86 valence electrons. The van der Waals surface area contributed by atoms with Crippen LogP contribution in [-0.2, 0) is 9.59 Å². The van der Waals surface area contributed by atoms with E-state index in [4.69, 9.17) is 10.8 Å². The van der Waals surface area contributed by atoms with Crippen LogP contribution in [0.3, 0.4) is 0 Å². The smallest absolute Gasteiger partial charge is 0.245 e. The third-order valence-electron chi connectivity index (χ3n) is 2.40. The molecule has 1 heterocycles. The maximum Gasteiger partial charge on any atom is 0.245 e. The number of hydrogen-bond acceptors (Lipinski definition) is 4. The lowest BCUT2D eigenvalue weighted by Crippen LogP contribution is -2.62. The van der Waals surface area contributed by atoms with Gasteiger partial charge in [-0.3, -0.25) is 9.59 Å². The summed E-state index contributed by atoms with van der Waals surface area (Å²) in [6.07, 6.45) is 2.23. The maximum atomic E-state index is 11.4. The third kappa shape index (κ3) is 3.17. The van der Waals surface area contributed by atoms with Crippen molar-refractivity contribution in [1.29, 1.82) is 0 Å². The van der Waals surface area contributed by atoms with Crippen molar-refractivity contribution >= 4 is 11.8 Å². The lowest BCUT2D eigenvalue weighted by atomic mass is 10.0. The Balaban J connectivity index is 2.41. The molecule has 2 unspecified atom stereocenters. The Kier molecular flexibility index (Phi) is 4.51. The van der Waals surface area contributed by atoms with Gasteiger partial charge in [0.2, 0.25) is 11.8 Å². The van der Waals surface area contributed by atoms with E-state index >= 15 is 0 Å². The fraction of sp³-hybridized carbons (Fsp3) is 0.778. The number of aliphatic hydroxyl groups excluding tert-OH is 1. The van der Waals surface area contributed by atoms with Crippen molar-refractivity contribution in [2.75, 3.05) is 13.2 Å². The summed E-state index contributed by atoms with van der Waals surface area (Å²) in [7, 11) is 0. The van der Waals surface area contributed by atoms with Crippen molar-refractivity contribution in [3.8, 4) is 0 Å². The maximum absolute atomic E-state index is 11.4. The van der Waals surface area contributed by atoms with Gasteiger partial charge in [0, 0.05) is 0 Å². The quantitative estimate of drug-likeness (QED) is 0.402. The van der Waals surface area contributed by atoms with Crippen molar-refractivity contribution in [3.63, 3.8) is 0 Å². The molecule has 0 aromatic carbocycles. The van der Waals surface area contributed by atoms with Crippen LogP contribution in [0.1, 0.15) is 19.3 Å². The zero-order valence-corrected chi connectivity index (χ0v) is 8.53. The molecular formula is C9H17N3O3. The highest BCUT2D eigenvalue weighted by molar-refractivity contribution is 5.96. The molecule has 2 atom stereocenters. The molecule has 0 saturated carbocycles. The van der Waals surface area contributed by atoms with E-state index in [0.29, 0.717) is 13.0 Å². The lowest BCUT2D eigenvalue weighted by molar-refractivity contribution is -0.137. The van der Waals surface area contributed by atoms with Crippen LogP contribution in [0.2, 0.25) is 0 Å². The molecule has 0 spiro atoms. The van der Waals surface area contributed by atoms with E-state index in [9.17, 15) is 9.59 Å². The van der Waals surface area contributed by atoms with Crippen molar-refractivity contribution in [2.24, 2.45) is 5.73 Å². The SMILES string of the molecule is NCCCCC1NC(=O)C(CO)NC1=O. The van der Waals surface area contributed by atoms with Crippen LogP contribution in [0, 0.1) is 0 Å². The molecule has 0 radical (unpaired) electrons. The molecule has 6 nitrogen and oxygen atoms in total. The van der Waals surface area contributed by atoms with E-state index in [1.807, 2.05) is 0 Å². The molecule has 1 aliphatic rings. The fourth-order valence-corrected chi connectivity index (χ4v) is 1.50. The summed E-state index contributed by atoms with van der Waals surface area (Å²) in [5.41, 5.74) is 5.33. The summed E-state index contributed by atoms with van der Waals surface area (Å²) in [6.45, 7) is 0.217. The molecule has 1 fully saturated rings. The number of nitrogens with one attached hydrogen (secondary N) is 2. The van der Waals surface area contributed by atoms with Gasteiger partial charge in [0.1, 0.15) is 12.1 Å². The summed E-state index contributed by atoms with van der Waals surface area (Å²) >= 11 is 0. The van der Waals surface area contributed by atoms with Crippen molar-refractivity contribution in [1.82, 2.24) is 10.6 Å². The van der Waals surface area contributed by atoms with E-state index in [2.05, 4.69) is 10.6 Å². The molecule has 1 aliphatic heterocycles. The van der Waals surface area contributed by atoms with Gasteiger partial charge < -0.3 is 21.5 Å². The first-order valence-electron chi connectivity index (χ1n) is 5.10. The van der Waals surface area contributed by atoms with Gasteiger partial charge in [-0.1, -0.05) is 0 Å². The predicted octanol–water partition coefficient (Wildman–Crippen LogP) is -1.91. The molecule has 2 amide bonds. The minimum atomic E-state index is -0.803. The highest BCUT2D eigenvalue weighted by atomic mass is 16.3. The number of piperazine rings is 1. The monoisotopic (exact) mass is 215 g/mol. The zero-order chi connectivity index (χ0) is 11.3. The van der Waals surface area contributed by atoms with Gasteiger partial charge >= 0.3 is 0 Å². The van der Waals surface area contributed by atoms with E-state index in [1.54, 1.807) is 0 Å². The average Bonchev–Trinajstić information content (AvgIpc) is 2.23. The van der Waals surface area contributed by atoms with E-state index in [1.165, 1.54) is 0 Å². The largest absolute Gasteiger partial charge is 0.394 e. The Hall–Kier alpha value is -1.14. The minimum Gasteiger partial charge on any atom is -0.394 e. The first-order chi connectivity index (χ1) is 7.19. The van der Waals surface area contributed by atoms with E-state index in [-0.39, 0.29) is 18.4 Å². The topological polar surface area (TPSA) is 104 Å². The molecule has 5 N–H and O–H groups in total. The molecule has 0 aliphatic carbocycles. The first kappa shape index (κ1) is 11.9. The fourth-order valence-electron chi connectivity index (χ4n) is 1.50. The van der Waals surface area contributed by atoms with Crippen LogP contribution in [0.25, 0.3) is 0 Å². The van der Waals surface area contributed by atoms with E-state index < -0.39 is 12.1 Å². The van der Waals surface area contributed by atoms with Gasteiger partial charge in [-0.25, -0.2) is 0 Å². The second-order valence-corrected chi connectivity index (χ2v) is 3.59. The Bertz CT molecular complexity index is 245. The predicted molar refractivity (Wildman–Crippen MR) is 53.9 cm³/mol.